The van der Waals surface area contributed by atoms with Gasteiger partial charge in [-0.1, -0.05) is 32.0 Å². The predicted octanol–water partition coefficient (Wildman–Crippen LogP) is 3.31. The van der Waals surface area contributed by atoms with E-state index in [9.17, 15) is 14.7 Å². The summed E-state index contributed by atoms with van der Waals surface area (Å²) in [5.41, 5.74) is 2.28. The van der Waals surface area contributed by atoms with Crippen LogP contribution in [-0.2, 0) is 12.8 Å². The number of aryl methyl sites for hydroxylation is 3. The Hall–Kier alpha value is -2.86. The average molecular weight is 396 g/mol. The maximum Gasteiger partial charge on any atom is 0.349 e. The molecule has 29 heavy (non-hydrogen) atoms. The van der Waals surface area contributed by atoms with Gasteiger partial charge in [-0.25, -0.2) is 4.79 Å². The lowest BCUT2D eigenvalue weighted by atomic mass is 10.0. The minimum absolute atomic E-state index is 0.0509. The van der Waals surface area contributed by atoms with Crippen molar-refractivity contribution >= 4 is 16.8 Å². The van der Waals surface area contributed by atoms with Gasteiger partial charge in [0.1, 0.15) is 11.3 Å². The number of hydrogen-bond acceptors (Lipinski definition) is 4. The third kappa shape index (κ3) is 4.77. The van der Waals surface area contributed by atoms with Crippen LogP contribution in [0.3, 0.4) is 0 Å². The van der Waals surface area contributed by atoms with Gasteiger partial charge in [0.25, 0.3) is 5.91 Å². The van der Waals surface area contributed by atoms with Crippen LogP contribution >= 0.6 is 0 Å². The Morgan fingerprint density at radius 3 is 2.69 bits per heavy atom. The van der Waals surface area contributed by atoms with E-state index in [0.717, 1.165) is 22.9 Å². The van der Waals surface area contributed by atoms with E-state index in [-0.39, 0.29) is 30.5 Å². The monoisotopic (exact) mass is 396 g/mol. The Kier molecular flexibility index (Phi) is 6.54. The fraction of sp³-hybridized carbons (Fsp3) is 0.391. The molecule has 0 bridgehead atoms. The number of benzene rings is 1. The molecule has 0 spiro atoms. The van der Waals surface area contributed by atoms with Crippen LogP contribution in [0.25, 0.3) is 10.9 Å². The van der Waals surface area contributed by atoms with Crippen molar-refractivity contribution in [2.45, 2.75) is 33.6 Å². The van der Waals surface area contributed by atoms with Crippen molar-refractivity contribution in [1.29, 1.82) is 0 Å². The minimum Gasteiger partial charge on any atom is -0.427 e. The number of hydrogen-bond donors (Lipinski definition) is 2. The standard InChI is InChI=1S/C23H28N2O4/c1-15(2)14-25(10-11-26)22(27)21-16(3)12-18(29-23(21)28)9-8-17-13-24-20-7-5-4-6-19(17)20/h4-7,12-13,15,24,26H,8-11,14H2,1-3H3. The SMILES string of the molecule is Cc1cc(CCc2c[nH]c3ccccc23)oc(=O)c1C(=O)N(CCO)CC(C)C. The molecule has 0 radical (unpaired) electrons. The molecule has 0 saturated heterocycles. The average Bonchev–Trinajstić information content (AvgIpc) is 3.08. The normalized spacial score (nSPS) is 11.3. The third-order valence-corrected chi connectivity index (χ3v) is 4.97. The zero-order chi connectivity index (χ0) is 21.0. The van der Waals surface area contributed by atoms with Gasteiger partial charge in [-0.15, -0.1) is 0 Å². The Labute approximate surface area is 170 Å². The van der Waals surface area contributed by atoms with Crippen LogP contribution in [0.2, 0.25) is 0 Å². The van der Waals surface area contributed by atoms with Crippen LogP contribution in [0.4, 0.5) is 0 Å². The maximum atomic E-state index is 12.9. The summed E-state index contributed by atoms with van der Waals surface area (Å²) in [6, 6.07) is 9.85. The molecule has 154 valence electrons. The lowest BCUT2D eigenvalue weighted by Gasteiger charge is -2.24. The highest BCUT2D eigenvalue weighted by molar-refractivity contribution is 5.95. The molecule has 1 aromatic carbocycles. The summed E-state index contributed by atoms with van der Waals surface area (Å²) in [6.07, 6.45) is 3.27. The van der Waals surface area contributed by atoms with E-state index in [0.29, 0.717) is 24.3 Å². The molecule has 6 nitrogen and oxygen atoms in total. The molecule has 0 saturated carbocycles. The number of aliphatic hydroxyl groups is 1. The van der Waals surface area contributed by atoms with Gasteiger partial charge in [0.2, 0.25) is 0 Å². The van der Waals surface area contributed by atoms with E-state index >= 15 is 0 Å². The van der Waals surface area contributed by atoms with E-state index in [1.165, 1.54) is 4.90 Å². The lowest BCUT2D eigenvalue weighted by molar-refractivity contribution is 0.0694. The van der Waals surface area contributed by atoms with Gasteiger partial charge >= 0.3 is 5.63 Å². The number of nitrogens with one attached hydrogen (secondary N) is 1. The van der Waals surface area contributed by atoms with Gasteiger partial charge in [-0.05, 0) is 42.5 Å². The summed E-state index contributed by atoms with van der Waals surface area (Å²) in [7, 11) is 0. The zero-order valence-electron chi connectivity index (χ0n) is 17.2. The highest BCUT2D eigenvalue weighted by atomic mass is 16.4. The number of aromatic amines is 1. The van der Waals surface area contributed by atoms with Crippen LogP contribution in [0.5, 0.6) is 0 Å². The van der Waals surface area contributed by atoms with Crippen molar-refractivity contribution in [1.82, 2.24) is 9.88 Å². The van der Waals surface area contributed by atoms with Gasteiger partial charge in [0.15, 0.2) is 0 Å². The summed E-state index contributed by atoms with van der Waals surface area (Å²) >= 11 is 0. The molecule has 2 N–H and O–H groups in total. The molecule has 0 aliphatic heterocycles. The summed E-state index contributed by atoms with van der Waals surface area (Å²) < 4.78 is 5.48. The molecule has 0 aliphatic carbocycles. The topological polar surface area (TPSA) is 86.5 Å². The number of aromatic nitrogens is 1. The summed E-state index contributed by atoms with van der Waals surface area (Å²) in [5, 5.41) is 10.4. The lowest BCUT2D eigenvalue weighted by Crippen LogP contribution is -2.39. The fourth-order valence-corrected chi connectivity index (χ4v) is 3.65. The number of carbonyl (C=O) groups is 1. The molecule has 0 unspecified atom stereocenters. The first kappa shape index (κ1) is 20.9. The summed E-state index contributed by atoms with van der Waals surface area (Å²) in [4.78, 5) is 30.2. The van der Waals surface area contributed by atoms with E-state index in [4.69, 9.17) is 4.42 Å². The van der Waals surface area contributed by atoms with E-state index in [2.05, 4.69) is 11.1 Å². The Morgan fingerprint density at radius 2 is 2.00 bits per heavy atom. The van der Waals surface area contributed by atoms with E-state index in [1.54, 1.807) is 13.0 Å². The molecule has 0 fully saturated rings. The van der Waals surface area contributed by atoms with Crippen LogP contribution in [-0.4, -0.2) is 40.6 Å². The van der Waals surface area contributed by atoms with Crippen molar-refractivity contribution < 1.29 is 14.3 Å². The summed E-state index contributed by atoms with van der Waals surface area (Å²) in [6.45, 7) is 6.25. The van der Waals surface area contributed by atoms with Crippen molar-refractivity contribution in [2.75, 3.05) is 19.7 Å². The fourth-order valence-electron chi connectivity index (χ4n) is 3.65. The van der Waals surface area contributed by atoms with Crippen LogP contribution in [0, 0.1) is 12.8 Å². The number of para-hydroxylation sites is 1. The molecule has 3 aromatic rings. The van der Waals surface area contributed by atoms with Crippen molar-refractivity contribution in [3.8, 4) is 0 Å². The highest BCUT2D eigenvalue weighted by Gasteiger charge is 2.23. The number of H-pyrrole nitrogens is 1. The number of amides is 1. The first-order valence-electron chi connectivity index (χ1n) is 9.99. The van der Waals surface area contributed by atoms with E-state index in [1.807, 2.05) is 38.2 Å². The second kappa shape index (κ2) is 9.09. The molecular formula is C23H28N2O4. The van der Waals surface area contributed by atoms with E-state index < -0.39 is 5.63 Å². The van der Waals surface area contributed by atoms with Crippen LogP contribution in [0.1, 0.15) is 41.1 Å². The Morgan fingerprint density at radius 1 is 1.24 bits per heavy atom. The number of nitrogens with zero attached hydrogens (tertiary/aromatic N) is 1. The zero-order valence-corrected chi connectivity index (χ0v) is 17.2. The number of aliphatic hydroxyl groups excluding tert-OH is 1. The number of fused-ring (bicyclic) bond motifs is 1. The highest BCUT2D eigenvalue weighted by Crippen LogP contribution is 2.20. The number of carbonyl (C=O) groups excluding carboxylic acids is 1. The molecule has 2 heterocycles. The molecule has 2 aromatic heterocycles. The smallest absolute Gasteiger partial charge is 0.349 e. The van der Waals surface area contributed by atoms with Gasteiger partial charge in [0, 0.05) is 36.6 Å². The molecule has 0 atom stereocenters. The first-order chi connectivity index (χ1) is 13.9. The predicted molar refractivity (Wildman–Crippen MR) is 113 cm³/mol. The van der Waals surface area contributed by atoms with Crippen molar-refractivity contribution in [3.63, 3.8) is 0 Å². The van der Waals surface area contributed by atoms with Gasteiger partial charge in [-0.2, -0.15) is 0 Å². The maximum absolute atomic E-state index is 12.9. The largest absolute Gasteiger partial charge is 0.427 e. The first-order valence-corrected chi connectivity index (χ1v) is 9.99. The Balaban J connectivity index is 1.79. The van der Waals surface area contributed by atoms with Crippen LogP contribution in [0.15, 0.2) is 45.7 Å². The molecule has 1 amide bonds. The Bertz CT molecular complexity index is 1050. The second-order valence-corrected chi connectivity index (χ2v) is 7.79. The second-order valence-electron chi connectivity index (χ2n) is 7.79. The van der Waals surface area contributed by atoms with Crippen molar-refractivity contribution in [3.05, 3.63) is 69.4 Å². The quantitative estimate of drug-likeness (QED) is 0.612. The molecule has 3 rings (SSSR count). The molecular weight excluding hydrogens is 368 g/mol. The van der Waals surface area contributed by atoms with Crippen LogP contribution < -0.4 is 5.63 Å². The third-order valence-electron chi connectivity index (χ3n) is 4.97. The van der Waals surface area contributed by atoms with Gasteiger partial charge in [-0.3, -0.25) is 4.79 Å². The molecule has 6 heteroatoms. The summed E-state index contributed by atoms with van der Waals surface area (Å²) in [5.74, 6) is 0.405. The minimum atomic E-state index is -0.615. The molecule has 0 aliphatic rings. The number of rotatable bonds is 8. The van der Waals surface area contributed by atoms with Crippen molar-refractivity contribution in [2.24, 2.45) is 5.92 Å². The van der Waals surface area contributed by atoms with Gasteiger partial charge in [0.05, 0.1) is 6.61 Å². The van der Waals surface area contributed by atoms with Gasteiger partial charge < -0.3 is 19.4 Å².